The molecule has 2 aliphatic heterocycles. The van der Waals surface area contributed by atoms with Crippen LogP contribution in [0.25, 0.3) is 0 Å². The van der Waals surface area contributed by atoms with Crippen LogP contribution in [-0.4, -0.2) is 35.2 Å². The van der Waals surface area contributed by atoms with E-state index in [1.54, 1.807) is 6.07 Å². The van der Waals surface area contributed by atoms with Gasteiger partial charge in [0.25, 0.3) is 0 Å². The SMILES string of the molecule is CC(C)(F)C1=NC(N)N(N)C(C2CCOc3ccc(F)cc32)=N1. The summed E-state index contributed by atoms with van der Waals surface area (Å²) in [5.74, 6) is 6.15. The van der Waals surface area contributed by atoms with Crippen molar-refractivity contribution in [3.8, 4) is 5.75 Å². The third kappa shape index (κ3) is 2.91. The fraction of sp³-hybridized carbons (Fsp3) is 0.467. The first-order chi connectivity index (χ1) is 10.8. The van der Waals surface area contributed by atoms with E-state index in [-0.39, 0.29) is 17.6 Å². The Bertz CT molecular complexity index is 683. The molecule has 0 bridgehead atoms. The van der Waals surface area contributed by atoms with Crippen LogP contribution in [0.5, 0.6) is 5.75 Å². The summed E-state index contributed by atoms with van der Waals surface area (Å²) in [4.78, 5) is 8.25. The Kier molecular flexibility index (Phi) is 3.81. The van der Waals surface area contributed by atoms with Gasteiger partial charge in [-0.25, -0.2) is 24.6 Å². The molecule has 1 aromatic rings. The summed E-state index contributed by atoms with van der Waals surface area (Å²) in [7, 11) is 0. The van der Waals surface area contributed by atoms with Gasteiger partial charge in [-0.2, -0.15) is 0 Å². The van der Waals surface area contributed by atoms with Gasteiger partial charge in [0.2, 0.25) is 0 Å². The molecule has 0 saturated carbocycles. The summed E-state index contributed by atoms with van der Waals surface area (Å²) in [5.41, 5.74) is 4.74. The molecule has 8 heteroatoms. The number of hydrogen-bond donors (Lipinski definition) is 2. The Morgan fingerprint density at radius 3 is 2.83 bits per heavy atom. The molecular weight excluding hydrogens is 304 g/mol. The third-order valence-corrected chi connectivity index (χ3v) is 3.88. The van der Waals surface area contributed by atoms with Gasteiger partial charge in [-0.05, 0) is 38.5 Å². The first-order valence-electron chi connectivity index (χ1n) is 7.35. The lowest BCUT2D eigenvalue weighted by Crippen LogP contribution is -2.55. The molecule has 4 N–H and O–H groups in total. The Hall–Kier alpha value is -2.06. The average Bonchev–Trinajstić information content (AvgIpc) is 2.48. The van der Waals surface area contributed by atoms with E-state index in [1.807, 2.05) is 0 Å². The summed E-state index contributed by atoms with van der Waals surface area (Å²) in [6, 6.07) is 4.27. The summed E-state index contributed by atoms with van der Waals surface area (Å²) in [5, 5.41) is 1.19. The highest BCUT2D eigenvalue weighted by molar-refractivity contribution is 6.04. The van der Waals surface area contributed by atoms with E-state index in [0.29, 0.717) is 30.2 Å². The van der Waals surface area contributed by atoms with E-state index in [1.165, 1.54) is 31.0 Å². The summed E-state index contributed by atoms with van der Waals surface area (Å²) >= 11 is 0. The van der Waals surface area contributed by atoms with Crippen LogP contribution >= 0.6 is 0 Å². The van der Waals surface area contributed by atoms with E-state index < -0.39 is 12.0 Å². The molecule has 2 unspecified atom stereocenters. The molecule has 2 aliphatic rings. The quantitative estimate of drug-likeness (QED) is 0.810. The molecule has 23 heavy (non-hydrogen) atoms. The average molecular weight is 323 g/mol. The van der Waals surface area contributed by atoms with Gasteiger partial charge in [0.1, 0.15) is 17.4 Å². The summed E-state index contributed by atoms with van der Waals surface area (Å²) < 4.78 is 33.4. The molecule has 0 spiro atoms. The van der Waals surface area contributed by atoms with Gasteiger partial charge in [0.05, 0.1) is 12.5 Å². The molecule has 0 aromatic heterocycles. The standard InChI is InChI=1S/C15H19F2N5O/c1-15(2,17)13-20-12(22(19)14(18)21-13)9-5-6-23-11-4-3-8(16)7-10(9)11/h3-4,7,9,14H,5-6,18-19H2,1-2H3. The minimum Gasteiger partial charge on any atom is -0.493 e. The number of hydrogen-bond acceptors (Lipinski definition) is 6. The fourth-order valence-corrected chi connectivity index (χ4v) is 2.70. The van der Waals surface area contributed by atoms with Gasteiger partial charge in [-0.15, -0.1) is 0 Å². The van der Waals surface area contributed by atoms with Gasteiger partial charge >= 0.3 is 0 Å². The second-order valence-corrected chi connectivity index (χ2v) is 6.09. The van der Waals surface area contributed by atoms with Crippen LogP contribution in [0.3, 0.4) is 0 Å². The lowest BCUT2D eigenvalue weighted by atomic mass is 9.91. The Morgan fingerprint density at radius 1 is 1.39 bits per heavy atom. The van der Waals surface area contributed by atoms with E-state index in [2.05, 4.69) is 9.98 Å². The topological polar surface area (TPSA) is 89.2 Å². The molecule has 1 aromatic carbocycles. The highest BCUT2D eigenvalue weighted by Crippen LogP contribution is 2.36. The van der Waals surface area contributed by atoms with Crippen LogP contribution in [0.2, 0.25) is 0 Å². The van der Waals surface area contributed by atoms with Crippen molar-refractivity contribution in [1.82, 2.24) is 5.01 Å². The monoisotopic (exact) mass is 323 g/mol. The summed E-state index contributed by atoms with van der Waals surface area (Å²) in [6.07, 6.45) is -0.400. The zero-order chi connectivity index (χ0) is 16.8. The van der Waals surface area contributed by atoms with Crippen molar-refractivity contribution < 1.29 is 13.5 Å². The Labute approximate surface area is 132 Å². The number of ether oxygens (including phenoxy) is 1. The van der Waals surface area contributed by atoms with E-state index in [4.69, 9.17) is 16.3 Å². The highest BCUT2D eigenvalue weighted by atomic mass is 19.1. The van der Waals surface area contributed by atoms with Gasteiger partial charge < -0.3 is 4.74 Å². The van der Waals surface area contributed by atoms with Crippen molar-refractivity contribution in [3.05, 3.63) is 29.6 Å². The Morgan fingerprint density at radius 2 is 2.13 bits per heavy atom. The van der Waals surface area contributed by atoms with Gasteiger partial charge in [0.15, 0.2) is 17.8 Å². The predicted molar refractivity (Wildman–Crippen MR) is 83.3 cm³/mol. The maximum absolute atomic E-state index is 14.2. The van der Waals surface area contributed by atoms with Gasteiger partial charge in [-0.1, -0.05) is 0 Å². The fourth-order valence-electron chi connectivity index (χ4n) is 2.70. The number of aliphatic imine (C=N–C) groups is 2. The lowest BCUT2D eigenvalue weighted by molar-refractivity contribution is 0.260. The first-order valence-corrected chi connectivity index (χ1v) is 7.35. The second kappa shape index (κ2) is 5.54. The zero-order valence-electron chi connectivity index (χ0n) is 13.0. The van der Waals surface area contributed by atoms with Crippen molar-refractivity contribution >= 4 is 11.7 Å². The number of hydrazine groups is 1. The molecule has 0 saturated heterocycles. The predicted octanol–water partition coefficient (Wildman–Crippen LogP) is 1.67. The number of alkyl halides is 1. The maximum atomic E-state index is 14.2. The molecule has 3 rings (SSSR count). The molecule has 6 nitrogen and oxygen atoms in total. The van der Waals surface area contributed by atoms with Gasteiger partial charge in [0, 0.05) is 5.56 Å². The molecule has 2 heterocycles. The first kappa shape index (κ1) is 15.8. The van der Waals surface area contributed by atoms with Crippen molar-refractivity contribution in [2.24, 2.45) is 21.6 Å². The summed E-state index contributed by atoms with van der Waals surface area (Å²) in [6.45, 7) is 3.13. The Balaban J connectivity index is 2.06. The van der Waals surface area contributed by atoms with Crippen LogP contribution in [0.1, 0.15) is 31.7 Å². The van der Waals surface area contributed by atoms with Crippen LogP contribution in [0.15, 0.2) is 28.2 Å². The van der Waals surface area contributed by atoms with E-state index in [9.17, 15) is 8.78 Å². The number of benzene rings is 1. The number of rotatable bonds is 2. The number of fused-ring (bicyclic) bond motifs is 1. The largest absolute Gasteiger partial charge is 0.493 e. The molecule has 0 radical (unpaired) electrons. The molecule has 0 aliphatic carbocycles. The molecule has 0 amide bonds. The molecule has 0 fully saturated rings. The van der Waals surface area contributed by atoms with Crippen molar-refractivity contribution in [2.45, 2.75) is 38.1 Å². The van der Waals surface area contributed by atoms with Crippen LogP contribution in [0, 0.1) is 5.82 Å². The molecule has 124 valence electrons. The van der Waals surface area contributed by atoms with Crippen molar-refractivity contribution in [2.75, 3.05) is 6.61 Å². The highest BCUT2D eigenvalue weighted by Gasteiger charge is 2.36. The maximum Gasteiger partial charge on any atom is 0.190 e. The van der Waals surface area contributed by atoms with Gasteiger partial charge in [-0.3, -0.25) is 10.7 Å². The van der Waals surface area contributed by atoms with E-state index >= 15 is 0 Å². The van der Waals surface area contributed by atoms with Crippen LogP contribution in [-0.2, 0) is 0 Å². The van der Waals surface area contributed by atoms with Crippen LogP contribution < -0.4 is 16.3 Å². The number of halogens is 2. The smallest absolute Gasteiger partial charge is 0.190 e. The number of nitrogens with zero attached hydrogens (tertiary/aromatic N) is 3. The molecular formula is C15H19F2N5O. The van der Waals surface area contributed by atoms with E-state index in [0.717, 1.165) is 0 Å². The van der Waals surface area contributed by atoms with Crippen molar-refractivity contribution in [3.63, 3.8) is 0 Å². The van der Waals surface area contributed by atoms with Crippen LogP contribution in [0.4, 0.5) is 8.78 Å². The second-order valence-electron chi connectivity index (χ2n) is 6.09. The molecule has 2 atom stereocenters. The lowest BCUT2D eigenvalue weighted by Gasteiger charge is -2.36. The van der Waals surface area contributed by atoms with Crippen molar-refractivity contribution in [1.29, 1.82) is 0 Å². The third-order valence-electron chi connectivity index (χ3n) is 3.88. The number of amidine groups is 2. The normalized spacial score (nSPS) is 24.5. The minimum absolute atomic E-state index is 0.0221. The number of nitrogens with two attached hydrogens (primary N) is 2. The zero-order valence-corrected chi connectivity index (χ0v) is 13.0. The minimum atomic E-state index is -1.75.